The topological polar surface area (TPSA) is 76.4 Å². The Bertz CT molecular complexity index is 1080. The monoisotopic (exact) mass is 500 g/mol. The minimum atomic E-state index is -0.445. The van der Waals surface area contributed by atoms with Crippen LogP contribution in [0.5, 0.6) is 5.75 Å². The van der Waals surface area contributed by atoms with Gasteiger partial charge in [-0.25, -0.2) is 0 Å². The highest BCUT2D eigenvalue weighted by molar-refractivity contribution is 7.10. The van der Waals surface area contributed by atoms with Crippen LogP contribution in [0.15, 0.2) is 77.5 Å². The van der Waals surface area contributed by atoms with E-state index in [1.165, 1.54) is 26.7 Å². The first-order valence-electron chi connectivity index (χ1n) is 11.1. The molecule has 0 radical (unpaired) electrons. The maximum absolute atomic E-state index is 9.53. The van der Waals surface area contributed by atoms with Gasteiger partial charge in [0.1, 0.15) is 11.9 Å². The third-order valence-corrected chi connectivity index (χ3v) is 7.13. The van der Waals surface area contributed by atoms with Crippen molar-refractivity contribution in [3.63, 3.8) is 0 Å². The Morgan fingerprint density at radius 1 is 0.765 bits per heavy atom. The van der Waals surface area contributed by atoms with E-state index >= 15 is 0 Å². The molecule has 3 N–H and O–H groups in total. The number of fused-ring (bicyclic) bond motifs is 1. The molecule has 0 fully saturated rings. The Labute approximate surface area is 208 Å². The molecular weight excluding hydrogens is 468 g/mol. The molecule has 2 aromatic carbocycles. The van der Waals surface area contributed by atoms with Gasteiger partial charge in [-0.1, -0.05) is 48.5 Å². The fraction of sp³-hybridized carbons (Fsp3) is 0.308. The van der Waals surface area contributed by atoms with Crippen molar-refractivity contribution in [1.29, 1.82) is 0 Å². The lowest BCUT2D eigenvalue weighted by Crippen LogP contribution is -2.18. The molecule has 182 valence electrons. The van der Waals surface area contributed by atoms with Crippen molar-refractivity contribution in [2.45, 2.75) is 25.0 Å². The second kappa shape index (κ2) is 13.6. The minimum Gasteiger partial charge on any atom is -0.484 e. The zero-order valence-electron chi connectivity index (χ0n) is 19.4. The second-order valence-electron chi connectivity index (χ2n) is 7.97. The number of hydrogen-bond donors (Lipinski definition) is 3. The molecule has 34 heavy (non-hydrogen) atoms. The summed E-state index contributed by atoms with van der Waals surface area (Å²) in [7, 11) is 3.23. The van der Waals surface area contributed by atoms with Gasteiger partial charge >= 0.3 is 0 Å². The first-order valence-corrected chi connectivity index (χ1v) is 12.9. The minimum absolute atomic E-state index is 0.0552. The van der Waals surface area contributed by atoms with E-state index in [9.17, 15) is 10.3 Å². The highest BCUT2D eigenvalue weighted by Crippen LogP contribution is 2.32. The van der Waals surface area contributed by atoms with Crippen molar-refractivity contribution < 1.29 is 20.3 Å². The lowest BCUT2D eigenvalue weighted by molar-refractivity contribution is -0.0721. The molecule has 0 saturated heterocycles. The van der Waals surface area contributed by atoms with Gasteiger partial charge in [0.15, 0.2) is 0 Å². The molecule has 0 aliphatic carbocycles. The highest BCUT2D eigenvalue weighted by Gasteiger charge is 2.16. The second-order valence-corrected chi connectivity index (χ2v) is 9.93. The zero-order valence-corrected chi connectivity index (χ0v) is 21.1. The van der Waals surface area contributed by atoms with Gasteiger partial charge in [0.25, 0.3) is 0 Å². The highest BCUT2D eigenvalue weighted by atomic mass is 32.1. The van der Waals surface area contributed by atoms with Gasteiger partial charge in [-0.3, -0.25) is 0 Å². The molecule has 2 aromatic heterocycles. The number of hydroxylamine groups is 4. The summed E-state index contributed by atoms with van der Waals surface area (Å²) in [6, 6.07) is 22.2. The average Bonchev–Trinajstić information content (AvgIpc) is 3.55. The van der Waals surface area contributed by atoms with Gasteiger partial charge in [-0.2, -0.15) is 10.1 Å². The predicted molar refractivity (Wildman–Crippen MR) is 139 cm³/mol. The average molecular weight is 501 g/mol. The molecule has 0 saturated carbocycles. The van der Waals surface area contributed by atoms with Gasteiger partial charge in [0, 0.05) is 48.7 Å². The maximum atomic E-state index is 9.53. The molecule has 0 aliphatic heterocycles. The molecular formula is C26H32N2O4S2. The van der Waals surface area contributed by atoms with Crippen LogP contribution in [0.2, 0.25) is 0 Å². The van der Waals surface area contributed by atoms with E-state index in [1.54, 1.807) is 25.4 Å². The first-order chi connectivity index (χ1) is 16.4. The SMILES string of the molecule is CN(O)CCC(O)c1cccs1.CN(O)CCC(Oc1cccc2ccccc12)c1cccs1. The van der Waals surface area contributed by atoms with Crippen molar-refractivity contribution in [3.05, 3.63) is 87.2 Å². The number of ether oxygens (including phenoxy) is 1. The Hall–Kier alpha value is -2.30. The third-order valence-electron chi connectivity index (χ3n) is 5.19. The smallest absolute Gasteiger partial charge is 0.134 e. The van der Waals surface area contributed by atoms with Crippen molar-refractivity contribution in [1.82, 2.24) is 10.1 Å². The number of aliphatic hydroxyl groups excluding tert-OH is 1. The largest absolute Gasteiger partial charge is 0.484 e. The molecule has 2 unspecified atom stereocenters. The molecule has 0 spiro atoms. The normalized spacial score (nSPS) is 13.0. The fourth-order valence-electron chi connectivity index (χ4n) is 3.42. The third kappa shape index (κ3) is 8.18. The van der Waals surface area contributed by atoms with E-state index in [1.807, 2.05) is 47.8 Å². The molecule has 0 bridgehead atoms. The fourth-order valence-corrected chi connectivity index (χ4v) is 4.96. The summed E-state index contributed by atoms with van der Waals surface area (Å²) in [6.07, 6.45) is 0.796. The number of hydrogen-bond acceptors (Lipinski definition) is 8. The van der Waals surface area contributed by atoms with E-state index in [4.69, 9.17) is 9.94 Å². The summed E-state index contributed by atoms with van der Waals surface area (Å²) < 4.78 is 6.30. The summed E-state index contributed by atoms with van der Waals surface area (Å²) in [5.41, 5.74) is 0. The summed E-state index contributed by atoms with van der Waals surface area (Å²) in [4.78, 5) is 2.13. The van der Waals surface area contributed by atoms with Crippen LogP contribution in [-0.2, 0) is 0 Å². The summed E-state index contributed by atoms with van der Waals surface area (Å²) in [5.74, 6) is 0.886. The number of thiophene rings is 2. The Morgan fingerprint density at radius 3 is 2.03 bits per heavy atom. The Kier molecular flexibility index (Phi) is 10.5. The molecule has 0 aliphatic rings. The first kappa shape index (κ1) is 26.3. The number of rotatable bonds is 10. The van der Waals surface area contributed by atoms with Gasteiger partial charge in [-0.15, -0.1) is 22.7 Å². The van der Waals surface area contributed by atoms with Crippen molar-refractivity contribution in [2.75, 3.05) is 27.2 Å². The maximum Gasteiger partial charge on any atom is 0.134 e. The molecule has 2 atom stereocenters. The van der Waals surface area contributed by atoms with Crippen LogP contribution >= 0.6 is 22.7 Å². The van der Waals surface area contributed by atoms with Gasteiger partial charge < -0.3 is 20.3 Å². The molecule has 6 nitrogen and oxygen atoms in total. The van der Waals surface area contributed by atoms with Crippen LogP contribution in [0.25, 0.3) is 10.8 Å². The number of aliphatic hydroxyl groups is 1. The van der Waals surface area contributed by atoms with Gasteiger partial charge in [0.2, 0.25) is 0 Å². The van der Waals surface area contributed by atoms with E-state index in [0.717, 1.165) is 27.5 Å². The van der Waals surface area contributed by atoms with Crippen LogP contribution in [0.4, 0.5) is 0 Å². The van der Waals surface area contributed by atoms with Crippen LogP contribution in [-0.4, -0.2) is 52.8 Å². The van der Waals surface area contributed by atoms with Crippen LogP contribution in [0.3, 0.4) is 0 Å². The van der Waals surface area contributed by atoms with Crippen molar-refractivity contribution in [2.24, 2.45) is 0 Å². The Morgan fingerprint density at radius 2 is 1.38 bits per heavy atom. The standard InChI is InChI=1S/C18H19NO2S.C8H13NO2S/c1-19(20)12-11-17(18-10-5-13-22-18)21-16-9-4-7-14-6-2-3-8-15(14)16;1-9(11)5-4-7(10)8-3-2-6-12-8/h2-10,13,17,20H,11-12H2,1H3;2-3,6-7,10-11H,4-5H2,1H3. The Balaban J connectivity index is 0.000000229. The lowest BCUT2D eigenvalue weighted by Gasteiger charge is -2.20. The van der Waals surface area contributed by atoms with E-state index in [2.05, 4.69) is 29.6 Å². The van der Waals surface area contributed by atoms with E-state index in [-0.39, 0.29) is 6.10 Å². The van der Waals surface area contributed by atoms with Crippen molar-refractivity contribution in [3.8, 4) is 5.75 Å². The molecule has 2 heterocycles. The van der Waals surface area contributed by atoms with Crippen LogP contribution < -0.4 is 4.74 Å². The van der Waals surface area contributed by atoms with E-state index < -0.39 is 6.10 Å². The number of benzene rings is 2. The molecule has 0 amide bonds. The van der Waals surface area contributed by atoms with Gasteiger partial charge in [0.05, 0.1) is 6.10 Å². The molecule has 4 rings (SSSR count). The number of nitrogens with zero attached hydrogens (tertiary/aromatic N) is 2. The molecule has 4 aromatic rings. The van der Waals surface area contributed by atoms with E-state index in [0.29, 0.717) is 19.5 Å². The van der Waals surface area contributed by atoms with Crippen molar-refractivity contribution >= 4 is 33.4 Å². The summed E-state index contributed by atoms with van der Waals surface area (Å²) in [6.45, 7) is 1.05. The van der Waals surface area contributed by atoms with Crippen LogP contribution in [0.1, 0.15) is 34.8 Å². The summed E-state index contributed by atoms with van der Waals surface area (Å²) in [5, 5.41) is 36.3. The van der Waals surface area contributed by atoms with Gasteiger partial charge in [-0.05, 0) is 40.8 Å². The van der Waals surface area contributed by atoms with Crippen LogP contribution in [0, 0.1) is 0 Å². The predicted octanol–water partition coefficient (Wildman–Crippen LogP) is 6.23. The quantitative estimate of drug-likeness (QED) is 0.224. The lowest BCUT2D eigenvalue weighted by atomic mass is 10.1. The molecule has 8 heteroatoms. The summed E-state index contributed by atoms with van der Waals surface area (Å²) >= 11 is 3.21. The zero-order chi connectivity index (χ0) is 24.3.